The highest BCUT2D eigenvalue weighted by Gasteiger charge is 2.26. The van der Waals surface area contributed by atoms with Gasteiger partial charge in [0.15, 0.2) is 0 Å². The first kappa shape index (κ1) is 10.4. The molecule has 0 aromatic rings. The Morgan fingerprint density at radius 2 is 1.60 bits per heavy atom. The molecule has 0 aliphatic heterocycles. The molecule has 0 saturated heterocycles. The first-order valence-corrected chi connectivity index (χ1v) is 10.1. The number of rotatable bonds is 3. The fourth-order valence-corrected chi connectivity index (χ4v) is 3.35. The van der Waals surface area contributed by atoms with E-state index >= 15 is 0 Å². The normalized spacial score (nSPS) is 13.2. The molecule has 1 radical (unpaired) electrons. The smallest absolute Gasteiger partial charge is 0.123 e. The van der Waals surface area contributed by atoms with Crippen molar-refractivity contribution in [2.75, 3.05) is 14.1 Å². The van der Waals surface area contributed by atoms with Crippen molar-refractivity contribution in [1.82, 2.24) is 10.1 Å². The molecule has 0 bridgehead atoms. The Morgan fingerprint density at radius 1 is 1.20 bits per heavy atom. The van der Waals surface area contributed by atoms with Crippen molar-refractivity contribution in [2.45, 2.75) is 26.2 Å². The van der Waals surface area contributed by atoms with Gasteiger partial charge in [0.25, 0.3) is 0 Å². The van der Waals surface area contributed by atoms with Crippen LogP contribution in [0.3, 0.4) is 0 Å². The van der Waals surface area contributed by atoms with Crippen molar-refractivity contribution >= 4 is 16.1 Å². The Bertz CT molecular complexity index is 102. The number of nitrogens with one attached hydrogen (secondary N) is 1. The summed E-state index contributed by atoms with van der Waals surface area (Å²) in [7, 11) is 2.95. The average molecular weight is 175 g/mol. The second-order valence-corrected chi connectivity index (χ2v) is 15.9. The minimum absolute atomic E-state index is 0.120. The molecule has 0 aromatic carbocycles. The number of nitrogens with zero attached hydrogens (tertiary/aromatic N) is 1. The maximum atomic E-state index is 3.54. The molecule has 0 aliphatic carbocycles. The van der Waals surface area contributed by atoms with Gasteiger partial charge in [-0.15, -0.1) is 0 Å². The van der Waals surface area contributed by atoms with Gasteiger partial charge in [0, 0.05) is 14.1 Å². The average Bonchev–Trinajstić information content (AvgIpc) is 1.60. The van der Waals surface area contributed by atoms with E-state index in [-0.39, 0.29) is 8.31 Å². The van der Waals surface area contributed by atoms with Gasteiger partial charge in [-0.3, -0.25) is 10.1 Å². The van der Waals surface area contributed by atoms with Crippen LogP contribution in [0.2, 0.25) is 26.2 Å². The van der Waals surface area contributed by atoms with Gasteiger partial charge in [0.1, 0.15) is 7.75 Å². The topological polar surface area (TPSA) is 15.3 Å². The Balaban J connectivity index is 3.87. The highest BCUT2D eigenvalue weighted by molar-refractivity contribution is 7.30. The molecule has 0 atom stereocenters. The van der Waals surface area contributed by atoms with Gasteiger partial charge >= 0.3 is 0 Å². The zero-order chi connectivity index (χ0) is 8.36. The number of hydrogen-bond donors (Lipinski definition) is 1. The molecule has 10 heavy (non-hydrogen) atoms. The van der Waals surface area contributed by atoms with Gasteiger partial charge in [-0.2, -0.15) is 0 Å². The van der Waals surface area contributed by atoms with Crippen LogP contribution in [-0.2, 0) is 0 Å². The molecule has 61 valence electrons. The van der Waals surface area contributed by atoms with Crippen LogP contribution in [-0.4, -0.2) is 35.2 Å². The van der Waals surface area contributed by atoms with Crippen molar-refractivity contribution in [2.24, 2.45) is 0 Å². The summed E-state index contributed by atoms with van der Waals surface area (Å²) < 4.78 is 0. The van der Waals surface area contributed by atoms with Gasteiger partial charge in [-0.05, 0) is 0 Å². The van der Waals surface area contributed by atoms with E-state index in [0.717, 1.165) is 0 Å². The summed E-state index contributed by atoms with van der Waals surface area (Å²) >= 11 is 0. The Hall–Kier alpha value is 0.354. The molecule has 0 aliphatic rings. The maximum absolute atomic E-state index is 3.54. The molecule has 0 rings (SSSR count). The summed E-state index contributed by atoms with van der Waals surface area (Å²) in [6.07, 6.45) is 0. The monoisotopic (exact) mass is 175 g/mol. The summed E-state index contributed by atoms with van der Waals surface area (Å²) in [5, 5.41) is 5.62. The first-order valence-electron chi connectivity index (χ1n) is 3.62. The van der Waals surface area contributed by atoms with Crippen molar-refractivity contribution < 1.29 is 0 Å². The fraction of sp³-hybridized carbons (Fsp3) is 1.00. The lowest BCUT2D eigenvalue weighted by Crippen LogP contribution is -2.59. The van der Waals surface area contributed by atoms with E-state index in [2.05, 4.69) is 50.4 Å². The summed E-state index contributed by atoms with van der Waals surface area (Å²) in [6.45, 7) is 9.55. The van der Waals surface area contributed by atoms with E-state index in [9.17, 15) is 0 Å². The van der Waals surface area contributed by atoms with Crippen LogP contribution in [0.5, 0.6) is 0 Å². The van der Waals surface area contributed by atoms with E-state index in [4.69, 9.17) is 0 Å². The van der Waals surface area contributed by atoms with Crippen LogP contribution in [0.1, 0.15) is 0 Å². The molecule has 0 spiro atoms. The molecule has 1 N–H and O–H groups in total. The molecular weight excluding hydrogens is 156 g/mol. The van der Waals surface area contributed by atoms with Gasteiger partial charge in [0.2, 0.25) is 0 Å². The molecule has 0 aromatic heterocycles. The molecule has 0 saturated carbocycles. The minimum atomic E-state index is -1.07. The zero-order valence-corrected chi connectivity index (χ0v) is 9.95. The second-order valence-electron chi connectivity index (χ2n) is 3.63. The van der Waals surface area contributed by atoms with Crippen LogP contribution >= 0.6 is 0 Å². The number of hydrazine groups is 1. The summed E-state index contributed by atoms with van der Waals surface area (Å²) in [5.41, 5.74) is 0. The minimum Gasteiger partial charge on any atom is -0.280 e. The van der Waals surface area contributed by atoms with Crippen LogP contribution < -0.4 is 5.09 Å². The summed E-state index contributed by atoms with van der Waals surface area (Å²) in [4.78, 5) is 0. The van der Waals surface area contributed by atoms with Gasteiger partial charge in [-0.25, -0.2) is 0 Å². The molecule has 4 heteroatoms. The van der Waals surface area contributed by atoms with E-state index in [1.54, 1.807) is 0 Å². The highest BCUT2D eigenvalue weighted by atomic mass is 29.2. The lowest BCUT2D eigenvalue weighted by atomic mass is 11.2. The third-order valence-electron chi connectivity index (χ3n) is 1.75. The predicted molar refractivity (Wildman–Crippen MR) is 51.8 cm³/mol. The Kier molecular flexibility index (Phi) is 3.79. The lowest BCUT2D eigenvalue weighted by molar-refractivity contribution is 0.367. The first-order chi connectivity index (χ1) is 4.36. The third-order valence-corrected chi connectivity index (χ3v) is 13.1. The lowest BCUT2D eigenvalue weighted by Gasteiger charge is -2.30. The second kappa shape index (κ2) is 3.66. The highest BCUT2D eigenvalue weighted by Crippen LogP contribution is 2.02. The Morgan fingerprint density at radius 3 is 1.70 bits per heavy atom. The van der Waals surface area contributed by atoms with Crippen LogP contribution in [0.25, 0.3) is 0 Å². The summed E-state index contributed by atoms with van der Waals surface area (Å²) in [5.74, 6) is 0. The molecule has 0 heterocycles. The maximum Gasteiger partial charge on any atom is 0.123 e. The molecule has 0 fully saturated rings. The van der Waals surface area contributed by atoms with Gasteiger partial charge in [0.05, 0.1) is 8.31 Å². The third kappa shape index (κ3) is 3.50. The molecular formula is C6H19N2Si2. The van der Waals surface area contributed by atoms with Crippen LogP contribution in [0.4, 0.5) is 0 Å². The van der Waals surface area contributed by atoms with Crippen molar-refractivity contribution in [3.8, 4) is 0 Å². The van der Waals surface area contributed by atoms with Crippen molar-refractivity contribution in [3.05, 3.63) is 0 Å². The van der Waals surface area contributed by atoms with Crippen molar-refractivity contribution in [1.29, 1.82) is 0 Å². The van der Waals surface area contributed by atoms with Gasteiger partial charge in [-0.1, -0.05) is 26.2 Å². The van der Waals surface area contributed by atoms with Crippen LogP contribution in [0, 0.1) is 0 Å². The van der Waals surface area contributed by atoms with Gasteiger partial charge < -0.3 is 0 Å². The molecule has 0 amide bonds. The predicted octanol–water partition coefficient (Wildman–Crippen LogP) is 1.09. The molecule has 2 nitrogen and oxygen atoms in total. The van der Waals surface area contributed by atoms with Crippen LogP contribution in [0.15, 0.2) is 0 Å². The van der Waals surface area contributed by atoms with E-state index in [1.165, 1.54) is 0 Å². The molecule has 0 unspecified atom stereocenters. The van der Waals surface area contributed by atoms with E-state index in [0.29, 0.717) is 0 Å². The fourth-order valence-electron chi connectivity index (χ4n) is 0.671. The standard InChI is InChI=1S/C6H19N2Si2/c1-8(2)7-10(5,6)9(3)4/h7H,1-6H3. The SMILES string of the molecule is CN(C)N[Si](C)(C)[Si](C)C. The van der Waals surface area contributed by atoms with E-state index < -0.39 is 7.75 Å². The summed E-state index contributed by atoms with van der Waals surface area (Å²) in [6, 6.07) is 0. The van der Waals surface area contributed by atoms with Crippen molar-refractivity contribution in [3.63, 3.8) is 0 Å². The quantitative estimate of drug-likeness (QED) is 0.510. The number of hydrogen-bond acceptors (Lipinski definition) is 2. The largest absolute Gasteiger partial charge is 0.280 e. The van der Waals surface area contributed by atoms with E-state index in [1.807, 2.05) is 0 Å². The Labute approximate surface area is 67.1 Å². The zero-order valence-electron chi connectivity index (χ0n) is 7.95.